The summed E-state index contributed by atoms with van der Waals surface area (Å²) in [5, 5.41) is 2.70. The molecule has 0 radical (unpaired) electrons. The monoisotopic (exact) mass is 355 g/mol. The Morgan fingerprint density at radius 3 is 3.00 bits per heavy atom. The molecule has 1 amide bonds. The molecule has 1 aromatic heterocycles. The number of benzene rings is 1. The van der Waals surface area contributed by atoms with Crippen LogP contribution in [-0.2, 0) is 16.3 Å². The average molecular weight is 355 g/mol. The van der Waals surface area contributed by atoms with E-state index in [1.54, 1.807) is 11.8 Å². The highest BCUT2D eigenvalue weighted by molar-refractivity contribution is 7.99. The van der Waals surface area contributed by atoms with Crippen molar-refractivity contribution in [3.63, 3.8) is 0 Å². The van der Waals surface area contributed by atoms with Gasteiger partial charge in [-0.3, -0.25) is 9.59 Å². The molecule has 0 spiro atoms. The Morgan fingerprint density at radius 2 is 2.22 bits per heavy atom. The van der Waals surface area contributed by atoms with Crippen LogP contribution in [0.15, 0.2) is 28.2 Å². The molecular formula is C14H11F2N3O2S2. The van der Waals surface area contributed by atoms with Gasteiger partial charge in [-0.1, -0.05) is 11.8 Å². The minimum atomic E-state index is -0.843. The summed E-state index contributed by atoms with van der Waals surface area (Å²) in [6.45, 7) is 0. The van der Waals surface area contributed by atoms with Crippen molar-refractivity contribution in [2.45, 2.75) is 16.7 Å². The lowest BCUT2D eigenvalue weighted by molar-refractivity contribution is -0.113. The maximum atomic E-state index is 13.5. The molecule has 1 aromatic carbocycles. The number of aromatic nitrogens is 2. The summed E-state index contributed by atoms with van der Waals surface area (Å²) in [6, 6.07) is 2.91. The number of carbonyl (C=O) groups excluding carboxylic acids is 1. The van der Waals surface area contributed by atoms with E-state index in [1.165, 1.54) is 0 Å². The van der Waals surface area contributed by atoms with Gasteiger partial charge >= 0.3 is 0 Å². The molecule has 0 atom stereocenters. The van der Waals surface area contributed by atoms with E-state index >= 15 is 0 Å². The Bertz CT molecular complexity index is 826. The normalized spacial score (nSPS) is 13.0. The Balaban J connectivity index is 1.63. The fraction of sp³-hybridized carbons (Fsp3) is 0.214. The fourth-order valence-corrected chi connectivity index (χ4v) is 3.73. The summed E-state index contributed by atoms with van der Waals surface area (Å²) in [5.74, 6) is -0.756. The summed E-state index contributed by atoms with van der Waals surface area (Å²) in [5.41, 5.74) is 1.14. The molecule has 2 heterocycles. The first-order chi connectivity index (χ1) is 11.0. The second-order valence-electron chi connectivity index (χ2n) is 4.75. The van der Waals surface area contributed by atoms with E-state index in [-0.39, 0.29) is 17.0 Å². The maximum absolute atomic E-state index is 13.5. The molecule has 5 nitrogen and oxygen atoms in total. The molecule has 0 saturated carbocycles. The van der Waals surface area contributed by atoms with E-state index < -0.39 is 17.5 Å². The van der Waals surface area contributed by atoms with Gasteiger partial charge in [-0.25, -0.2) is 13.8 Å². The lowest BCUT2D eigenvalue weighted by atomic mass is 10.3. The molecule has 23 heavy (non-hydrogen) atoms. The topological polar surface area (TPSA) is 74.8 Å². The number of nitrogens with one attached hydrogen (secondary N) is 2. The standard InChI is InChI=1S/C14H11F2N3O2S2/c15-7-1-2-10(9(16)3-7)17-12(20)6-23-14-18-11-5-22-4-8(11)13(21)19-14/h1-3H,4-6H2,(H,17,20)(H,18,19,21). The van der Waals surface area contributed by atoms with Crippen LogP contribution in [0.4, 0.5) is 14.5 Å². The van der Waals surface area contributed by atoms with Crippen LogP contribution in [0.3, 0.4) is 0 Å². The van der Waals surface area contributed by atoms with Crippen molar-refractivity contribution in [2.75, 3.05) is 11.1 Å². The molecule has 1 aliphatic heterocycles. The Kier molecular flexibility index (Phi) is 4.67. The SMILES string of the molecule is O=C(CSc1nc2c(c(=O)[nH]1)CSC2)Nc1ccc(F)cc1F. The highest BCUT2D eigenvalue weighted by Crippen LogP contribution is 2.26. The van der Waals surface area contributed by atoms with Gasteiger partial charge in [0.05, 0.1) is 17.1 Å². The van der Waals surface area contributed by atoms with E-state index in [0.29, 0.717) is 28.3 Å². The zero-order valence-electron chi connectivity index (χ0n) is 11.7. The van der Waals surface area contributed by atoms with Gasteiger partial charge < -0.3 is 10.3 Å². The minimum absolute atomic E-state index is 0.0499. The van der Waals surface area contributed by atoms with E-state index in [2.05, 4.69) is 15.3 Å². The first-order valence-corrected chi connectivity index (χ1v) is 8.74. The van der Waals surface area contributed by atoms with E-state index in [1.807, 2.05) is 0 Å². The highest BCUT2D eigenvalue weighted by atomic mass is 32.2. The molecule has 0 fully saturated rings. The highest BCUT2D eigenvalue weighted by Gasteiger charge is 2.18. The summed E-state index contributed by atoms with van der Waals surface area (Å²) in [4.78, 5) is 30.6. The number of amides is 1. The summed E-state index contributed by atoms with van der Waals surface area (Å²) < 4.78 is 26.3. The van der Waals surface area contributed by atoms with Crippen molar-refractivity contribution in [1.82, 2.24) is 9.97 Å². The second kappa shape index (κ2) is 6.71. The quantitative estimate of drug-likeness (QED) is 0.651. The number of hydrogen-bond acceptors (Lipinski definition) is 5. The summed E-state index contributed by atoms with van der Waals surface area (Å²) in [7, 11) is 0. The Labute approximate surface area is 138 Å². The number of halogens is 2. The molecule has 1 aliphatic rings. The van der Waals surface area contributed by atoms with Crippen LogP contribution in [0, 0.1) is 11.6 Å². The molecular weight excluding hydrogens is 344 g/mol. The molecule has 0 saturated heterocycles. The molecule has 9 heteroatoms. The number of rotatable bonds is 4. The molecule has 0 unspecified atom stereocenters. The number of hydrogen-bond donors (Lipinski definition) is 2. The van der Waals surface area contributed by atoms with Gasteiger partial charge in [-0.15, -0.1) is 0 Å². The fourth-order valence-electron chi connectivity index (χ4n) is 2.02. The van der Waals surface area contributed by atoms with E-state index in [4.69, 9.17) is 0 Å². The predicted octanol–water partition coefficient (Wildman–Crippen LogP) is 2.53. The van der Waals surface area contributed by atoms with Crippen molar-refractivity contribution >= 4 is 35.1 Å². The smallest absolute Gasteiger partial charge is 0.255 e. The first kappa shape index (κ1) is 16.0. The Hall–Kier alpha value is -1.87. The summed E-state index contributed by atoms with van der Waals surface area (Å²) >= 11 is 2.66. The number of anilines is 1. The van der Waals surface area contributed by atoms with Gasteiger partial charge in [-0.2, -0.15) is 11.8 Å². The van der Waals surface area contributed by atoms with Crippen molar-refractivity contribution in [1.29, 1.82) is 0 Å². The van der Waals surface area contributed by atoms with Crippen molar-refractivity contribution < 1.29 is 13.6 Å². The third-order valence-electron chi connectivity index (χ3n) is 3.11. The molecule has 0 bridgehead atoms. The third kappa shape index (κ3) is 3.73. The molecule has 120 valence electrons. The molecule has 2 N–H and O–H groups in total. The van der Waals surface area contributed by atoms with E-state index in [9.17, 15) is 18.4 Å². The van der Waals surface area contributed by atoms with Gasteiger partial charge in [0, 0.05) is 23.1 Å². The van der Waals surface area contributed by atoms with Gasteiger partial charge in [0.25, 0.3) is 5.56 Å². The first-order valence-electron chi connectivity index (χ1n) is 6.60. The van der Waals surface area contributed by atoms with Gasteiger partial charge in [0.15, 0.2) is 5.16 Å². The van der Waals surface area contributed by atoms with Crippen LogP contribution < -0.4 is 10.9 Å². The number of thioether (sulfide) groups is 2. The zero-order chi connectivity index (χ0) is 16.4. The third-order valence-corrected chi connectivity index (χ3v) is 4.95. The van der Waals surface area contributed by atoms with Gasteiger partial charge in [-0.05, 0) is 12.1 Å². The lowest BCUT2D eigenvalue weighted by Crippen LogP contribution is -2.18. The van der Waals surface area contributed by atoms with Crippen LogP contribution in [0.25, 0.3) is 0 Å². The van der Waals surface area contributed by atoms with Crippen LogP contribution in [-0.4, -0.2) is 21.6 Å². The second-order valence-corrected chi connectivity index (χ2v) is 6.70. The van der Waals surface area contributed by atoms with Crippen LogP contribution >= 0.6 is 23.5 Å². The van der Waals surface area contributed by atoms with Gasteiger partial charge in [0.2, 0.25) is 5.91 Å². The van der Waals surface area contributed by atoms with Crippen LogP contribution in [0.5, 0.6) is 0 Å². The Morgan fingerprint density at radius 1 is 1.39 bits per heavy atom. The molecule has 0 aliphatic carbocycles. The van der Waals surface area contributed by atoms with Crippen LogP contribution in [0.1, 0.15) is 11.3 Å². The van der Waals surface area contributed by atoms with Crippen molar-refractivity contribution in [2.24, 2.45) is 0 Å². The molecule has 2 aromatic rings. The largest absolute Gasteiger partial charge is 0.323 e. The predicted molar refractivity (Wildman–Crippen MR) is 85.6 cm³/mol. The number of fused-ring (bicyclic) bond motifs is 1. The number of carbonyl (C=O) groups is 1. The summed E-state index contributed by atoms with van der Waals surface area (Å²) in [6.07, 6.45) is 0. The zero-order valence-corrected chi connectivity index (χ0v) is 13.3. The maximum Gasteiger partial charge on any atom is 0.255 e. The average Bonchev–Trinajstić information content (AvgIpc) is 2.97. The minimum Gasteiger partial charge on any atom is -0.323 e. The number of aromatic amines is 1. The number of nitrogens with zero attached hydrogens (tertiary/aromatic N) is 1. The lowest BCUT2D eigenvalue weighted by Gasteiger charge is -2.06. The van der Waals surface area contributed by atoms with E-state index in [0.717, 1.165) is 29.6 Å². The van der Waals surface area contributed by atoms with Gasteiger partial charge in [0.1, 0.15) is 11.6 Å². The van der Waals surface area contributed by atoms with Crippen LogP contribution in [0.2, 0.25) is 0 Å². The number of H-pyrrole nitrogens is 1. The van der Waals surface area contributed by atoms with Crippen molar-refractivity contribution in [3.05, 3.63) is 51.4 Å². The molecule has 3 rings (SSSR count). The van der Waals surface area contributed by atoms with Crippen molar-refractivity contribution in [3.8, 4) is 0 Å².